The standard InChI is InChI=1S/C19H28N6O3/c1-5-24(6-2)16(26)12-25-18-13(11-14(17(20)27)19(25)28)15(7-8-22-18)21-9-10-23(3)4/h7-8,11H,5-6,9-10,12H2,1-4H3,(H2,20,27)(H,21,22). The van der Waals surface area contributed by atoms with Gasteiger partial charge in [0.2, 0.25) is 5.91 Å². The van der Waals surface area contributed by atoms with Crippen molar-refractivity contribution in [2.24, 2.45) is 5.73 Å². The number of hydrogen-bond donors (Lipinski definition) is 2. The minimum Gasteiger partial charge on any atom is -0.383 e. The van der Waals surface area contributed by atoms with Crippen molar-refractivity contribution in [3.05, 3.63) is 34.2 Å². The summed E-state index contributed by atoms with van der Waals surface area (Å²) >= 11 is 0. The summed E-state index contributed by atoms with van der Waals surface area (Å²) in [4.78, 5) is 45.2. The summed E-state index contributed by atoms with van der Waals surface area (Å²) in [7, 11) is 3.93. The number of amides is 2. The van der Waals surface area contributed by atoms with Crippen LogP contribution in [0.25, 0.3) is 11.0 Å². The van der Waals surface area contributed by atoms with Crippen molar-refractivity contribution < 1.29 is 9.59 Å². The van der Waals surface area contributed by atoms with Gasteiger partial charge in [0.05, 0.1) is 0 Å². The molecule has 28 heavy (non-hydrogen) atoms. The second kappa shape index (κ2) is 9.32. The van der Waals surface area contributed by atoms with Gasteiger partial charge in [-0.25, -0.2) is 4.98 Å². The van der Waals surface area contributed by atoms with Gasteiger partial charge >= 0.3 is 0 Å². The van der Waals surface area contributed by atoms with E-state index in [-0.39, 0.29) is 18.0 Å². The quantitative estimate of drug-likeness (QED) is 0.640. The third-order valence-corrected chi connectivity index (χ3v) is 4.54. The molecule has 0 unspecified atom stereocenters. The van der Waals surface area contributed by atoms with Gasteiger partial charge in [-0.15, -0.1) is 0 Å². The highest BCUT2D eigenvalue weighted by atomic mass is 16.2. The molecule has 0 aromatic carbocycles. The number of nitrogens with one attached hydrogen (secondary N) is 1. The van der Waals surface area contributed by atoms with E-state index in [1.165, 1.54) is 10.6 Å². The molecular formula is C19H28N6O3. The Bertz CT molecular complexity index is 918. The van der Waals surface area contributed by atoms with Gasteiger partial charge in [-0.1, -0.05) is 0 Å². The van der Waals surface area contributed by atoms with Crippen molar-refractivity contribution in [1.29, 1.82) is 0 Å². The number of carbonyl (C=O) groups excluding carboxylic acids is 2. The van der Waals surface area contributed by atoms with Gasteiger partial charge in [0.25, 0.3) is 11.5 Å². The number of nitrogens with zero attached hydrogens (tertiary/aromatic N) is 4. The van der Waals surface area contributed by atoms with Crippen molar-refractivity contribution in [3.8, 4) is 0 Å². The number of pyridine rings is 2. The smallest absolute Gasteiger partial charge is 0.265 e. The molecule has 0 bridgehead atoms. The van der Waals surface area contributed by atoms with E-state index in [9.17, 15) is 14.4 Å². The molecule has 0 spiro atoms. The molecule has 3 N–H and O–H groups in total. The van der Waals surface area contributed by atoms with E-state index in [1.807, 2.05) is 32.8 Å². The van der Waals surface area contributed by atoms with Gasteiger partial charge < -0.3 is 20.9 Å². The summed E-state index contributed by atoms with van der Waals surface area (Å²) in [5.41, 5.74) is 5.70. The number of fused-ring (bicyclic) bond motifs is 1. The van der Waals surface area contributed by atoms with Crippen LogP contribution in [-0.4, -0.2) is 71.4 Å². The second-order valence-electron chi connectivity index (χ2n) is 6.71. The van der Waals surface area contributed by atoms with Gasteiger partial charge in [-0.05, 0) is 40.1 Å². The number of aromatic nitrogens is 2. The first-order chi connectivity index (χ1) is 13.3. The molecular weight excluding hydrogens is 360 g/mol. The summed E-state index contributed by atoms with van der Waals surface area (Å²) in [6.45, 7) is 6.05. The summed E-state index contributed by atoms with van der Waals surface area (Å²) in [5, 5.41) is 3.86. The van der Waals surface area contributed by atoms with Crippen LogP contribution in [0.5, 0.6) is 0 Å². The molecule has 0 aliphatic rings. The number of rotatable bonds is 9. The van der Waals surface area contributed by atoms with Crippen molar-refractivity contribution in [2.45, 2.75) is 20.4 Å². The lowest BCUT2D eigenvalue weighted by Gasteiger charge is -2.20. The summed E-state index contributed by atoms with van der Waals surface area (Å²) in [6.07, 6.45) is 1.57. The first-order valence-corrected chi connectivity index (χ1v) is 9.28. The van der Waals surface area contributed by atoms with Crippen LogP contribution in [-0.2, 0) is 11.3 Å². The molecule has 2 aromatic rings. The monoisotopic (exact) mass is 388 g/mol. The van der Waals surface area contributed by atoms with Crippen molar-refractivity contribution >= 4 is 28.5 Å². The van der Waals surface area contributed by atoms with Crippen molar-refractivity contribution in [3.63, 3.8) is 0 Å². The molecule has 0 fully saturated rings. The molecule has 0 atom stereocenters. The maximum absolute atomic E-state index is 12.8. The highest BCUT2D eigenvalue weighted by molar-refractivity contribution is 5.99. The predicted molar refractivity (Wildman–Crippen MR) is 109 cm³/mol. The third kappa shape index (κ3) is 4.66. The van der Waals surface area contributed by atoms with E-state index >= 15 is 0 Å². The third-order valence-electron chi connectivity index (χ3n) is 4.54. The Morgan fingerprint density at radius 2 is 1.93 bits per heavy atom. The van der Waals surface area contributed by atoms with Crippen LogP contribution in [0.4, 0.5) is 5.69 Å². The largest absolute Gasteiger partial charge is 0.383 e. The van der Waals surface area contributed by atoms with Crippen LogP contribution in [0.15, 0.2) is 23.1 Å². The molecule has 9 nitrogen and oxygen atoms in total. The lowest BCUT2D eigenvalue weighted by atomic mass is 10.1. The summed E-state index contributed by atoms with van der Waals surface area (Å²) < 4.78 is 1.23. The summed E-state index contributed by atoms with van der Waals surface area (Å²) in [5.74, 6) is -1.05. The predicted octanol–water partition coefficient (Wildman–Crippen LogP) is 0.337. The summed E-state index contributed by atoms with van der Waals surface area (Å²) in [6, 6.07) is 3.22. The number of hydrogen-bond acceptors (Lipinski definition) is 6. The molecule has 2 amide bonds. The van der Waals surface area contributed by atoms with Gasteiger partial charge in [0, 0.05) is 43.4 Å². The van der Waals surface area contributed by atoms with Gasteiger partial charge in [-0.3, -0.25) is 19.0 Å². The first kappa shape index (κ1) is 21.4. The van der Waals surface area contributed by atoms with Gasteiger partial charge in [0.1, 0.15) is 17.8 Å². The molecule has 0 aliphatic carbocycles. The van der Waals surface area contributed by atoms with Crippen molar-refractivity contribution in [1.82, 2.24) is 19.4 Å². The Morgan fingerprint density at radius 1 is 1.25 bits per heavy atom. The van der Waals surface area contributed by atoms with Gasteiger partial charge in [-0.2, -0.15) is 0 Å². The fraction of sp³-hybridized carbons (Fsp3) is 0.474. The molecule has 2 heterocycles. The van der Waals surface area contributed by atoms with E-state index in [0.717, 1.165) is 12.2 Å². The minimum absolute atomic E-state index is 0.163. The Kier molecular flexibility index (Phi) is 7.11. The zero-order chi connectivity index (χ0) is 20.8. The van der Waals surface area contributed by atoms with Crippen molar-refractivity contribution in [2.75, 3.05) is 45.6 Å². The van der Waals surface area contributed by atoms with E-state index in [1.54, 1.807) is 17.2 Å². The van der Waals surface area contributed by atoms with Crippen LogP contribution in [0.3, 0.4) is 0 Å². The Labute approximate surface area is 164 Å². The van der Waals surface area contributed by atoms with E-state index in [0.29, 0.717) is 30.7 Å². The minimum atomic E-state index is -0.834. The second-order valence-corrected chi connectivity index (χ2v) is 6.71. The van der Waals surface area contributed by atoms with Crippen LogP contribution < -0.4 is 16.6 Å². The zero-order valence-electron chi connectivity index (χ0n) is 16.9. The molecule has 152 valence electrons. The van der Waals surface area contributed by atoms with Gasteiger partial charge in [0.15, 0.2) is 0 Å². The molecule has 0 saturated carbocycles. The zero-order valence-corrected chi connectivity index (χ0v) is 16.9. The fourth-order valence-electron chi connectivity index (χ4n) is 2.97. The maximum atomic E-state index is 12.8. The molecule has 0 radical (unpaired) electrons. The van der Waals surface area contributed by atoms with E-state index < -0.39 is 11.5 Å². The Hall–Kier alpha value is -2.94. The lowest BCUT2D eigenvalue weighted by molar-refractivity contribution is -0.131. The maximum Gasteiger partial charge on any atom is 0.265 e. The number of primary amides is 1. The highest BCUT2D eigenvalue weighted by Gasteiger charge is 2.19. The first-order valence-electron chi connectivity index (χ1n) is 9.28. The van der Waals surface area contributed by atoms with E-state index in [4.69, 9.17) is 5.73 Å². The molecule has 2 rings (SSSR count). The average molecular weight is 388 g/mol. The molecule has 9 heteroatoms. The Morgan fingerprint density at radius 3 is 2.50 bits per heavy atom. The number of anilines is 1. The average Bonchev–Trinajstić information content (AvgIpc) is 2.64. The van der Waals surface area contributed by atoms with Crippen LogP contribution in [0.1, 0.15) is 24.2 Å². The van der Waals surface area contributed by atoms with E-state index in [2.05, 4.69) is 10.3 Å². The molecule has 0 saturated heterocycles. The van der Waals surface area contributed by atoms with Crippen LogP contribution in [0, 0.1) is 0 Å². The highest BCUT2D eigenvalue weighted by Crippen LogP contribution is 2.21. The fourth-order valence-corrected chi connectivity index (χ4v) is 2.97. The topological polar surface area (TPSA) is 114 Å². The number of carbonyl (C=O) groups is 2. The van der Waals surface area contributed by atoms with Crippen LogP contribution in [0.2, 0.25) is 0 Å². The molecule has 2 aromatic heterocycles. The number of nitrogens with two attached hydrogens (primary N) is 1. The van der Waals surface area contributed by atoms with Crippen LogP contribution >= 0.6 is 0 Å². The number of likely N-dealkylation sites (N-methyl/N-ethyl adjacent to an activating group) is 2. The molecule has 0 aliphatic heterocycles. The SMILES string of the molecule is CCN(CC)C(=O)Cn1c(=O)c(C(N)=O)cc2c(NCCN(C)C)ccnc21. The lowest BCUT2D eigenvalue weighted by Crippen LogP contribution is -2.38. The Balaban J connectivity index is 2.58. The normalized spacial score (nSPS) is 11.0.